The van der Waals surface area contributed by atoms with E-state index in [9.17, 15) is 4.79 Å². The molecule has 1 heterocycles. The Balaban J connectivity index is 2.28. The van der Waals surface area contributed by atoms with Crippen LogP contribution in [0.3, 0.4) is 0 Å². The van der Waals surface area contributed by atoms with Crippen molar-refractivity contribution in [3.05, 3.63) is 24.3 Å². The summed E-state index contributed by atoms with van der Waals surface area (Å²) in [4.78, 5) is 12.6. The van der Waals surface area contributed by atoms with E-state index < -0.39 is 12.0 Å². The Kier molecular flexibility index (Phi) is 3.22. The van der Waals surface area contributed by atoms with Gasteiger partial charge in [0, 0.05) is 11.3 Å². The molecule has 0 radical (unpaired) electrons. The van der Waals surface area contributed by atoms with Crippen molar-refractivity contribution in [2.45, 2.75) is 13.0 Å². The molecule has 7 nitrogen and oxygen atoms in total. The predicted octanol–water partition coefficient (Wildman–Crippen LogP) is 0.656. The quantitative estimate of drug-likeness (QED) is 0.632. The molecule has 0 aliphatic carbocycles. The Hall–Kier alpha value is -2.44. The zero-order valence-corrected chi connectivity index (χ0v) is 10.1. The molecule has 0 spiro atoms. The van der Waals surface area contributed by atoms with Crippen LogP contribution in [0.2, 0.25) is 0 Å². The summed E-state index contributed by atoms with van der Waals surface area (Å²) in [5, 5.41) is 11.8. The van der Waals surface area contributed by atoms with E-state index >= 15 is 0 Å². The third-order valence-corrected chi connectivity index (χ3v) is 2.46. The van der Waals surface area contributed by atoms with Crippen LogP contribution in [0.15, 0.2) is 24.3 Å². The van der Waals surface area contributed by atoms with Crippen LogP contribution in [0.4, 0.5) is 5.69 Å². The van der Waals surface area contributed by atoms with E-state index in [1.165, 1.54) is 11.9 Å². The highest BCUT2D eigenvalue weighted by atomic mass is 16.5. The van der Waals surface area contributed by atoms with E-state index in [-0.39, 0.29) is 0 Å². The van der Waals surface area contributed by atoms with Gasteiger partial charge in [0.05, 0.1) is 7.11 Å². The highest BCUT2D eigenvalue weighted by molar-refractivity contribution is 5.73. The molecule has 0 fully saturated rings. The summed E-state index contributed by atoms with van der Waals surface area (Å²) < 4.78 is 4.61. The molecule has 0 unspecified atom stereocenters. The molecule has 0 saturated heterocycles. The van der Waals surface area contributed by atoms with Crippen molar-refractivity contribution in [2.24, 2.45) is 0 Å². The van der Waals surface area contributed by atoms with E-state index in [0.29, 0.717) is 11.5 Å². The number of ether oxygens (including phenoxy) is 1. The van der Waals surface area contributed by atoms with Gasteiger partial charge in [-0.3, -0.25) is 0 Å². The molecule has 0 bridgehead atoms. The second-order valence-corrected chi connectivity index (χ2v) is 3.76. The Morgan fingerprint density at radius 3 is 2.94 bits per heavy atom. The van der Waals surface area contributed by atoms with Gasteiger partial charge in [-0.1, -0.05) is 12.1 Å². The first kappa shape index (κ1) is 12.0. The second-order valence-electron chi connectivity index (χ2n) is 3.76. The summed E-state index contributed by atoms with van der Waals surface area (Å²) >= 11 is 0. The number of hydrogen-bond donors (Lipinski definition) is 1. The van der Waals surface area contributed by atoms with Gasteiger partial charge in [0.15, 0.2) is 6.04 Å². The van der Waals surface area contributed by atoms with Crippen LogP contribution < -0.4 is 5.73 Å². The third kappa shape index (κ3) is 2.29. The summed E-state index contributed by atoms with van der Waals surface area (Å²) in [6.45, 7) is 1.64. The lowest BCUT2D eigenvalue weighted by Crippen LogP contribution is -2.20. The van der Waals surface area contributed by atoms with Crippen molar-refractivity contribution in [2.75, 3.05) is 12.8 Å². The lowest BCUT2D eigenvalue weighted by molar-refractivity contribution is -0.144. The zero-order chi connectivity index (χ0) is 13.1. The summed E-state index contributed by atoms with van der Waals surface area (Å²) in [5.41, 5.74) is 7.04. The third-order valence-electron chi connectivity index (χ3n) is 2.46. The van der Waals surface area contributed by atoms with Crippen molar-refractivity contribution in [3.8, 4) is 11.4 Å². The normalized spacial score (nSPS) is 12.1. The van der Waals surface area contributed by atoms with Gasteiger partial charge in [-0.05, 0) is 24.3 Å². The van der Waals surface area contributed by atoms with E-state index in [1.54, 1.807) is 25.1 Å². The first-order valence-electron chi connectivity index (χ1n) is 5.35. The highest BCUT2D eigenvalue weighted by Crippen LogP contribution is 2.17. The van der Waals surface area contributed by atoms with E-state index in [2.05, 4.69) is 20.1 Å². The number of aromatic nitrogens is 4. The minimum atomic E-state index is -0.614. The molecule has 1 aromatic heterocycles. The van der Waals surface area contributed by atoms with Gasteiger partial charge in [-0.25, -0.2) is 4.79 Å². The topological polar surface area (TPSA) is 95.9 Å². The van der Waals surface area contributed by atoms with E-state index in [0.717, 1.165) is 5.56 Å². The minimum absolute atomic E-state index is 0.415. The molecule has 18 heavy (non-hydrogen) atoms. The summed E-state index contributed by atoms with van der Waals surface area (Å²) in [7, 11) is 1.31. The largest absolute Gasteiger partial charge is 0.467 e. The number of anilines is 1. The van der Waals surface area contributed by atoms with Crippen molar-refractivity contribution < 1.29 is 9.53 Å². The van der Waals surface area contributed by atoms with E-state index in [1.807, 2.05) is 6.07 Å². The van der Waals surface area contributed by atoms with Gasteiger partial charge in [-0.2, -0.15) is 0 Å². The minimum Gasteiger partial charge on any atom is -0.467 e. The zero-order valence-electron chi connectivity index (χ0n) is 10.1. The number of carbonyl (C=O) groups is 1. The van der Waals surface area contributed by atoms with Crippen molar-refractivity contribution in [1.29, 1.82) is 0 Å². The number of nitrogens with zero attached hydrogens (tertiary/aromatic N) is 4. The number of nitrogen functional groups attached to an aromatic ring is 1. The lowest BCUT2D eigenvalue weighted by atomic mass is 10.2. The monoisotopic (exact) mass is 247 g/mol. The van der Waals surface area contributed by atoms with Gasteiger partial charge >= 0.3 is 5.97 Å². The molecular formula is C11H13N5O2. The molecule has 2 N–H and O–H groups in total. The van der Waals surface area contributed by atoms with Crippen molar-refractivity contribution in [1.82, 2.24) is 20.2 Å². The van der Waals surface area contributed by atoms with Gasteiger partial charge < -0.3 is 10.5 Å². The van der Waals surface area contributed by atoms with Crippen LogP contribution in [0.1, 0.15) is 13.0 Å². The molecule has 94 valence electrons. The number of methoxy groups -OCH3 is 1. The fourth-order valence-electron chi connectivity index (χ4n) is 1.45. The predicted molar refractivity (Wildman–Crippen MR) is 64.4 cm³/mol. The summed E-state index contributed by atoms with van der Waals surface area (Å²) in [6, 6.07) is 6.52. The summed E-state index contributed by atoms with van der Waals surface area (Å²) in [5.74, 6) is -0.00965. The van der Waals surface area contributed by atoms with Crippen LogP contribution in [0.25, 0.3) is 11.4 Å². The lowest BCUT2D eigenvalue weighted by Gasteiger charge is -2.05. The number of benzene rings is 1. The first-order chi connectivity index (χ1) is 8.61. The molecule has 2 rings (SSSR count). The number of rotatable bonds is 3. The number of tetrazole rings is 1. The molecule has 0 amide bonds. The van der Waals surface area contributed by atoms with Gasteiger partial charge in [0.2, 0.25) is 5.82 Å². The molecule has 0 aliphatic rings. The van der Waals surface area contributed by atoms with Crippen LogP contribution in [-0.2, 0) is 9.53 Å². The molecule has 2 aromatic rings. The van der Waals surface area contributed by atoms with Gasteiger partial charge in [0.25, 0.3) is 0 Å². The van der Waals surface area contributed by atoms with Crippen LogP contribution >= 0.6 is 0 Å². The Morgan fingerprint density at radius 2 is 2.28 bits per heavy atom. The van der Waals surface area contributed by atoms with Crippen molar-refractivity contribution >= 4 is 11.7 Å². The molecule has 1 atom stereocenters. The molecule has 0 aliphatic heterocycles. The molecule has 7 heteroatoms. The maximum atomic E-state index is 11.3. The first-order valence-corrected chi connectivity index (χ1v) is 5.35. The van der Waals surface area contributed by atoms with Crippen LogP contribution in [0.5, 0.6) is 0 Å². The van der Waals surface area contributed by atoms with Gasteiger partial charge in [0.1, 0.15) is 0 Å². The smallest absolute Gasteiger partial charge is 0.332 e. The Bertz CT molecular complexity index is 566. The van der Waals surface area contributed by atoms with E-state index in [4.69, 9.17) is 5.73 Å². The fourth-order valence-corrected chi connectivity index (χ4v) is 1.45. The second kappa shape index (κ2) is 4.82. The van der Waals surface area contributed by atoms with Crippen LogP contribution in [0, 0.1) is 0 Å². The molecule has 1 aromatic carbocycles. The average Bonchev–Trinajstić information content (AvgIpc) is 2.86. The molecule has 0 saturated carbocycles. The van der Waals surface area contributed by atoms with Gasteiger partial charge in [-0.15, -0.1) is 15.0 Å². The maximum Gasteiger partial charge on any atom is 0.332 e. The average molecular weight is 247 g/mol. The standard InChI is InChI=1S/C11H13N5O2/c1-7(11(17)18-2)16-14-10(13-15-16)8-4-3-5-9(12)6-8/h3-7H,12H2,1-2H3/t7-/m1/s1. The van der Waals surface area contributed by atoms with Crippen molar-refractivity contribution in [3.63, 3.8) is 0 Å². The highest BCUT2D eigenvalue weighted by Gasteiger charge is 2.18. The fraction of sp³-hybridized carbons (Fsp3) is 0.273. The Labute approximate surface area is 104 Å². The number of nitrogens with two attached hydrogens (primary N) is 1. The SMILES string of the molecule is COC(=O)[C@@H](C)n1nnc(-c2cccc(N)c2)n1. The number of hydrogen-bond acceptors (Lipinski definition) is 6. The summed E-state index contributed by atoms with van der Waals surface area (Å²) in [6.07, 6.45) is 0. The number of carbonyl (C=O) groups excluding carboxylic acids is 1. The number of esters is 1. The maximum absolute atomic E-state index is 11.3. The molecular weight excluding hydrogens is 234 g/mol. The Morgan fingerprint density at radius 1 is 1.50 bits per heavy atom. The van der Waals surface area contributed by atoms with Crippen LogP contribution in [-0.4, -0.2) is 33.3 Å².